The van der Waals surface area contributed by atoms with Gasteiger partial charge in [0.05, 0.1) is 10.8 Å². The second-order valence-electron chi connectivity index (χ2n) is 3.63. The van der Waals surface area contributed by atoms with Crippen LogP contribution in [0.25, 0.3) is 0 Å². The molecule has 1 rings (SSSR count). The summed E-state index contributed by atoms with van der Waals surface area (Å²) in [6, 6.07) is 5.09. The first-order valence-corrected chi connectivity index (χ1v) is 8.29. The van der Waals surface area contributed by atoms with Crippen molar-refractivity contribution in [2.75, 3.05) is 19.1 Å². The molecular weight excluding hydrogens is 299 g/mol. The standard InChI is InChI=1S/C14H15FO3S2/c1-4-18-13(17)11(14(19-2)20-3)12(16)9-5-7-10(15)8-6-9/h5-8H,4H2,1-3H3. The number of carbonyl (C=O) groups excluding carboxylic acids is 2. The molecule has 0 radical (unpaired) electrons. The van der Waals surface area contributed by atoms with E-state index < -0.39 is 17.6 Å². The van der Waals surface area contributed by atoms with E-state index >= 15 is 0 Å². The molecule has 0 bridgehead atoms. The molecule has 1 aromatic rings. The van der Waals surface area contributed by atoms with E-state index in [9.17, 15) is 14.0 Å². The smallest absolute Gasteiger partial charge is 0.343 e. The Kier molecular flexibility index (Phi) is 6.81. The van der Waals surface area contributed by atoms with E-state index in [0.29, 0.717) is 4.24 Å². The van der Waals surface area contributed by atoms with Crippen molar-refractivity contribution in [2.24, 2.45) is 0 Å². The normalized spacial score (nSPS) is 10.0. The van der Waals surface area contributed by atoms with Gasteiger partial charge in [0.15, 0.2) is 0 Å². The van der Waals surface area contributed by atoms with Gasteiger partial charge in [0.1, 0.15) is 11.4 Å². The number of rotatable bonds is 6. The number of ketones is 1. The highest BCUT2D eigenvalue weighted by molar-refractivity contribution is 8.21. The summed E-state index contributed by atoms with van der Waals surface area (Å²) in [5, 5.41) is 0. The predicted molar refractivity (Wildman–Crippen MR) is 81.4 cm³/mol. The molecule has 0 heterocycles. The van der Waals surface area contributed by atoms with E-state index in [1.807, 2.05) is 0 Å². The zero-order chi connectivity index (χ0) is 15.1. The molecule has 0 spiro atoms. The molecular formula is C14H15FO3S2. The molecule has 0 aliphatic rings. The topological polar surface area (TPSA) is 43.4 Å². The fourth-order valence-corrected chi connectivity index (χ4v) is 2.93. The number of ether oxygens (including phenoxy) is 1. The fraction of sp³-hybridized carbons (Fsp3) is 0.286. The highest BCUT2D eigenvalue weighted by Gasteiger charge is 2.25. The van der Waals surface area contributed by atoms with E-state index in [4.69, 9.17) is 4.74 Å². The van der Waals surface area contributed by atoms with E-state index in [-0.39, 0.29) is 17.7 Å². The quantitative estimate of drug-likeness (QED) is 0.264. The summed E-state index contributed by atoms with van der Waals surface area (Å²) in [4.78, 5) is 24.4. The first kappa shape index (κ1) is 16.8. The number of esters is 1. The van der Waals surface area contributed by atoms with Crippen molar-refractivity contribution in [2.45, 2.75) is 6.92 Å². The van der Waals surface area contributed by atoms with Crippen molar-refractivity contribution in [1.29, 1.82) is 0 Å². The lowest BCUT2D eigenvalue weighted by Gasteiger charge is -2.10. The summed E-state index contributed by atoms with van der Waals surface area (Å²) < 4.78 is 18.4. The molecule has 0 aliphatic carbocycles. The monoisotopic (exact) mass is 314 g/mol. The number of Topliss-reactive ketones (excluding diaryl/α,β-unsaturated/α-hetero) is 1. The molecule has 0 fully saturated rings. The van der Waals surface area contributed by atoms with Gasteiger partial charge in [-0.2, -0.15) is 0 Å². The van der Waals surface area contributed by atoms with Crippen LogP contribution < -0.4 is 0 Å². The van der Waals surface area contributed by atoms with Crippen LogP contribution in [0.15, 0.2) is 34.1 Å². The lowest BCUT2D eigenvalue weighted by Crippen LogP contribution is -2.17. The largest absolute Gasteiger partial charge is 0.462 e. The Bertz CT molecular complexity index is 518. The molecule has 0 amide bonds. The molecule has 0 N–H and O–H groups in total. The first-order valence-electron chi connectivity index (χ1n) is 5.84. The van der Waals surface area contributed by atoms with Crippen molar-refractivity contribution in [3.05, 3.63) is 45.5 Å². The van der Waals surface area contributed by atoms with Crippen LogP contribution in [-0.4, -0.2) is 30.9 Å². The highest BCUT2D eigenvalue weighted by atomic mass is 32.2. The summed E-state index contributed by atoms with van der Waals surface area (Å²) in [6.45, 7) is 1.87. The molecule has 6 heteroatoms. The average molecular weight is 314 g/mol. The molecule has 3 nitrogen and oxygen atoms in total. The molecule has 0 aliphatic heterocycles. The third-order valence-electron chi connectivity index (χ3n) is 2.39. The maximum absolute atomic E-state index is 12.9. The van der Waals surface area contributed by atoms with E-state index in [1.54, 1.807) is 19.4 Å². The Balaban J connectivity index is 3.23. The number of thioether (sulfide) groups is 2. The van der Waals surface area contributed by atoms with Gasteiger partial charge >= 0.3 is 5.97 Å². The van der Waals surface area contributed by atoms with E-state index in [1.165, 1.54) is 47.8 Å². The number of carbonyl (C=O) groups is 2. The number of hydrogen-bond acceptors (Lipinski definition) is 5. The van der Waals surface area contributed by atoms with Gasteiger partial charge in [-0.05, 0) is 43.7 Å². The first-order chi connectivity index (χ1) is 9.54. The third-order valence-corrected chi connectivity index (χ3v) is 4.54. The van der Waals surface area contributed by atoms with Gasteiger partial charge in [0.2, 0.25) is 5.78 Å². The van der Waals surface area contributed by atoms with Crippen LogP contribution in [0.3, 0.4) is 0 Å². The van der Waals surface area contributed by atoms with Crippen molar-refractivity contribution in [1.82, 2.24) is 0 Å². The van der Waals surface area contributed by atoms with Crippen LogP contribution in [0.4, 0.5) is 4.39 Å². The summed E-state index contributed by atoms with van der Waals surface area (Å²) in [5.74, 6) is -1.54. The average Bonchev–Trinajstić information content (AvgIpc) is 2.44. The van der Waals surface area contributed by atoms with Crippen LogP contribution in [0, 0.1) is 5.82 Å². The van der Waals surface area contributed by atoms with Gasteiger partial charge in [-0.3, -0.25) is 4.79 Å². The molecule has 0 atom stereocenters. The minimum Gasteiger partial charge on any atom is -0.462 e. The van der Waals surface area contributed by atoms with Gasteiger partial charge in [-0.1, -0.05) is 0 Å². The Morgan fingerprint density at radius 2 is 1.70 bits per heavy atom. The molecule has 0 saturated carbocycles. The van der Waals surface area contributed by atoms with Gasteiger partial charge in [0, 0.05) is 5.56 Å². The molecule has 20 heavy (non-hydrogen) atoms. The summed E-state index contributed by atoms with van der Waals surface area (Å²) in [7, 11) is 0. The number of hydrogen-bond donors (Lipinski definition) is 0. The lowest BCUT2D eigenvalue weighted by atomic mass is 10.0. The van der Waals surface area contributed by atoms with Gasteiger partial charge in [-0.25, -0.2) is 9.18 Å². The SMILES string of the molecule is CCOC(=O)C(C(=O)c1ccc(F)cc1)=C(SC)SC. The second-order valence-corrected chi connectivity index (χ2v) is 5.52. The Morgan fingerprint density at radius 3 is 2.15 bits per heavy atom. The minimum atomic E-state index is -0.652. The lowest BCUT2D eigenvalue weighted by molar-refractivity contribution is -0.138. The van der Waals surface area contributed by atoms with Gasteiger partial charge in [0.25, 0.3) is 0 Å². The van der Waals surface area contributed by atoms with Crippen molar-refractivity contribution in [3.8, 4) is 0 Å². The maximum Gasteiger partial charge on any atom is 0.343 e. The van der Waals surface area contributed by atoms with Crippen LogP contribution in [0.5, 0.6) is 0 Å². The maximum atomic E-state index is 12.9. The van der Waals surface area contributed by atoms with E-state index in [0.717, 1.165) is 0 Å². The van der Waals surface area contributed by atoms with Crippen LogP contribution >= 0.6 is 23.5 Å². The van der Waals surface area contributed by atoms with Gasteiger partial charge in [-0.15, -0.1) is 23.5 Å². The van der Waals surface area contributed by atoms with E-state index in [2.05, 4.69) is 0 Å². The zero-order valence-electron chi connectivity index (χ0n) is 11.4. The summed E-state index contributed by atoms with van der Waals surface area (Å²) in [5.41, 5.74) is 0.258. The predicted octanol–water partition coefficient (Wildman–Crippen LogP) is 3.51. The zero-order valence-corrected chi connectivity index (χ0v) is 13.1. The van der Waals surface area contributed by atoms with Crippen LogP contribution in [0.2, 0.25) is 0 Å². The molecule has 0 aromatic heterocycles. The van der Waals surface area contributed by atoms with Crippen molar-refractivity contribution in [3.63, 3.8) is 0 Å². The second kappa shape index (κ2) is 8.11. The molecule has 1 aromatic carbocycles. The molecule has 108 valence electrons. The van der Waals surface area contributed by atoms with Crippen molar-refractivity contribution >= 4 is 35.3 Å². The summed E-state index contributed by atoms with van der Waals surface area (Å²) in [6.07, 6.45) is 3.56. The third kappa shape index (κ3) is 4.11. The Morgan fingerprint density at radius 1 is 1.15 bits per heavy atom. The Hall–Kier alpha value is -1.27. The minimum absolute atomic E-state index is 0.00143. The fourth-order valence-electron chi connectivity index (χ4n) is 1.51. The van der Waals surface area contributed by atoms with Crippen molar-refractivity contribution < 1.29 is 18.7 Å². The summed E-state index contributed by atoms with van der Waals surface area (Å²) >= 11 is 2.61. The van der Waals surface area contributed by atoms with Crippen LogP contribution in [0.1, 0.15) is 17.3 Å². The highest BCUT2D eigenvalue weighted by Crippen LogP contribution is 2.30. The molecule has 0 saturated heterocycles. The van der Waals surface area contributed by atoms with Crippen LogP contribution in [-0.2, 0) is 9.53 Å². The Labute approximate surface area is 126 Å². The number of benzene rings is 1. The molecule has 0 unspecified atom stereocenters. The van der Waals surface area contributed by atoms with Gasteiger partial charge < -0.3 is 4.74 Å². The number of halogens is 1.